The Bertz CT molecular complexity index is 1820. The first kappa shape index (κ1) is 30.1. The monoisotopic (exact) mass is 646 g/mol. The highest BCUT2D eigenvalue weighted by molar-refractivity contribution is 7.99. The largest absolute Gasteiger partial charge is 0.493 e. The van der Waals surface area contributed by atoms with Crippen molar-refractivity contribution < 1.29 is 27.9 Å². The second kappa shape index (κ2) is 13.4. The van der Waals surface area contributed by atoms with Crippen LogP contribution in [0.5, 0.6) is 11.5 Å². The zero-order valence-corrected chi connectivity index (χ0v) is 25.8. The predicted octanol–water partition coefficient (Wildman–Crippen LogP) is 5.48. The maximum atomic E-state index is 13.9. The van der Waals surface area contributed by atoms with Gasteiger partial charge >= 0.3 is 0 Å². The molecule has 2 aromatic carbocycles. The lowest BCUT2D eigenvalue weighted by Gasteiger charge is -2.24. The third-order valence-electron chi connectivity index (χ3n) is 7.03. The highest BCUT2D eigenvalue weighted by Gasteiger charge is 2.36. The smallest absolute Gasteiger partial charge is 0.287 e. The van der Waals surface area contributed by atoms with E-state index in [-0.39, 0.29) is 24.0 Å². The van der Waals surface area contributed by atoms with E-state index in [1.54, 1.807) is 60.5 Å². The number of ether oxygens (including phenoxy) is 2. The third kappa shape index (κ3) is 6.33. The van der Waals surface area contributed by atoms with Crippen molar-refractivity contribution in [2.45, 2.75) is 24.2 Å². The molecule has 1 atom stereocenters. The Balaban J connectivity index is 1.27. The Morgan fingerprint density at radius 1 is 1.07 bits per heavy atom. The molecule has 0 radical (unpaired) electrons. The second-order valence-electron chi connectivity index (χ2n) is 9.72. The van der Waals surface area contributed by atoms with Crippen LogP contribution in [0.3, 0.4) is 0 Å². The van der Waals surface area contributed by atoms with Gasteiger partial charge in [-0.2, -0.15) is 5.10 Å². The van der Waals surface area contributed by atoms with E-state index in [2.05, 4.69) is 15.5 Å². The number of para-hydroxylation sites is 1. The van der Waals surface area contributed by atoms with Crippen LogP contribution in [0.4, 0.5) is 4.39 Å². The Labute approximate surface area is 265 Å². The summed E-state index contributed by atoms with van der Waals surface area (Å²) in [5, 5.41) is 19.9. The standard InChI is InChI=1S/C31H27FN6O5S2/c1-41-24-7-3-6-21(29(24)42-2)23-16-22(26-9-5-15-44-26)36-38(23)28(39)18-45-31-35-34-27(17-33-30(40)25-8-4-14-43-25)37(31)20-12-10-19(32)11-13-20/h3-15,23H,16-18H2,1-2H3,(H,33,40)/t23-/m0/s1. The van der Waals surface area contributed by atoms with E-state index in [1.807, 2.05) is 29.6 Å². The second-order valence-corrected chi connectivity index (χ2v) is 11.6. The maximum Gasteiger partial charge on any atom is 0.287 e. The molecule has 6 rings (SSSR count). The molecule has 0 bridgehead atoms. The first-order chi connectivity index (χ1) is 22.0. The number of amides is 2. The summed E-state index contributed by atoms with van der Waals surface area (Å²) in [6, 6.07) is 18.0. The molecule has 14 heteroatoms. The number of benzene rings is 2. The minimum Gasteiger partial charge on any atom is -0.493 e. The summed E-state index contributed by atoms with van der Waals surface area (Å²) in [5.41, 5.74) is 2.13. The van der Waals surface area contributed by atoms with Gasteiger partial charge in [0.05, 0.1) is 49.4 Å². The zero-order valence-electron chi connectivity index (χ0n) is 24.2. The average molecular weight is 647 g/mol. The summed E-state index contributed by atoms with van der Waals surface area (Å²) in [6.07, 6.45) is 1.90. The minimum absolute atomic E-state index is 0.0106. The van der Waals surface area contributed by atoms with Gasteiger partial charge in [-0.25, -0.2) is 9.40 Å². The number of aromatic nitrogens is 3. The maximum absolute atomic E-state index is 13.9. The lowest BCUT2D eigenvalue weighted by molar-refractivity contribution is -0.130. The number of carbonyl (C=O) groups is 2. The van der Waals surface area contributed by atoms with Gasteiger partial charge in [-0.05, 0) is 53.9 Å². The first-order valence-electron chi connectivity index (χ1n) is 13.8. The molecular weight excluding hydrogens is 620 g/mol. The summed E-state index contributed by atoms with van der Waals surface area (Å²) >= 11 is 2.71. The summed E-state index contributed by atoms with van der Waals surface area (Å²) < 4.78 is 31.8. The average Bonchev–Trinajstić information content (AvgIpc) is 3.89. The van der Waals surface area contributed by atoms with Gasteiger partial charge in [0.2, 0.25) is 0 Å². The molecule has 4 heterocycles. The van der Waals surface area contributed by atoms with Crippen LogP contribution in [-0.2, 0) is 11.3 Å². The third-order valence-corrected chi connectivity index (χ3v) is 8.86. The van der Waals surface area contributed by atoms with Crippen molar-refractivity contribution in [2.24, 2.45) is 5.10 Å². The molecule has 0 aliphatic carbocycles. The van der Waals surface area contributed by atoms with E-state index < -0.39 is 17.8 Å². The molecule has 2 amide bonds. The Morgan fingerprint density at radius 2 is 1.91 bits per heavy atom. The zero-order chi connectivity index (χ0) is 31.3. The molecule has 45 heavy (non-hydrogen) atoms. The Hall–Kier alpha value is -4.95. The highest BCUT2D eigenvalue weighted by atomic mass is 32.2. The van der Waals surface area contributed by atoms with Gasteiger partial charge in [0.1, 0.15) is 5.82 Å². The highest BCUT2D eigenvalue weighted by Crippen LogP contribution is 2.42. The molecule has 230 valence electrons. The number of rotatable bonds is 11. The van der Waals surface area contributed by atoms with Crippen molar-refractivity contribution in [1.29, 1.82) is 0 Å². The fraction of sp³-hybridized carbons (Fsp3) is 0.194. The number of hydrogen-bond acceptors (Lipinski definition) is 10. The molecular formula is C31H27FN6O5S2. The van der Waals surface area contributed by atoms with Crippen LogP contribution in [0.2, 0.25) is 0 Å². The summed E-state index contributed by atoms with van der Waals surface area (Å²) in [5.74, 6) is 0.510. The van der Waals surface area contributed by atoms with Gasteiger partial charge in [-0.3, -0.25) is 14.2 Å². The van der Waals surface area contributed by atoms with Gasteiger partial charge in [0, 0.05) is 17.7 Å². The summed E-state index contributed by atoms with van der Waals surface area (Å²) in [7, 11) is 3.13. The summed E-state index contributed by atoms with van der Waals surface area (Å²) in [6.45, 7) is 0.0106. The van der Waals surface area contributed by atoms with E-state index >= 15 is 0 Å². The number of hydrazone groups is 1. The number of carbonyl (C=O) groups excluding carboxylic acids is 2. The fourth-order valence-electron chi connectivity index (χ4n) is 4.95. The van der Waals surface area contributed by atoms with Crippen molar-refractivity contribution in [2.75, 3.05) is 20.0 Å². The van der Waals surface area contributed by atoms with Gasteiger partial charge in [0.15, 0.2) is 28.2 Å². The lowest BCUT2D eigenvalue weighted by Crippen LogP contribution is -2.29. The predicted molar refractivity (Wildman–Crippen MR) is 167 cm³/mol. The van der Waals surface area contributed by atoms with E-state index in [1.165, 1.54) is 23.4 Å². The molecule has 0 fully saturated rings. The number of halogens is 1. The van der Waals surface area contributed by atoms with E-state index in [9.17, 15) is 14.0 Å². The van der Waals surface area contributed by atoms with Crippen molar-refractivity contribution >= 4 is 40.6 Å². The van der Waals surface area contributed by atoms with Crippen LogP contribution < -0.4 is 14.8 Å². The number of hydrogen-bond donors (Lipinski definition) is 1. The normalized spacial score (nSPS) is 14.3. The molecule has 11 nitrogen and oxygen atoms in total. The number of nitrogens with one attached hydrogen (secondary N) is 1. The molecule has 0 unspecified atom stereocenters. The van der Waals surface area contributed by atoms with Crippen LogP contribution in [0.25, 0.3) is 5.69 Å². The Kier molecular flexibility index (Phi) is 8.93. The van der Waals surface area contributed by atoms with E-state index in [4.69, 9.17) is 19.0 Å². The van der Waals surface area contributed by atoms with Crippen LogP contribution in [-0.4, -0.2) is 57.3 Å². The molecule has 0 saturated heterocycles. The summed E-state index contributed by atoms with van der Waals surface area (Å²) in [4.78, 5) is 27.3. The van der Waals surface area contributed by atoms with Crippen LogP contribution in [0.15, 0.2) is 93.0 Å². The molecule has 5 aromatic rings. The van der Waals surface area contributed by atoms with E-state index in [0.29, 0.717) is 34.6 Å². The van der Waals surface area contributed by atoms with Crippen LogP contribution in [0.1, 0.15) is 39.3 Å². The van der Waals surface area contributed by atoms with Gasteiger partial charge in [0.25, 0.3) is 11.8 Å². The molecule has 1 N–H and O–H groups in total. The van der Waals surface area contributed by atoms with E-state index in [0.717, 1.165) is 27.9 Å². The van der Waals surface area contributed by atoms with Crippen molar-refractivity contribution in [3.8, 4) is 17.2 Å². The molecule has 0 spiro atoms. The minimum atomic E-state index is -0.428. The SMILES string of the molecule is COc1cccc([C@@H]2CC(c3cccs3)=NN2C(=O)CSc2nnc(CNC(=O)c3ccco3)n2-c2ccc(F)cc2)c1OC. The van der Waals surface area contributed by atoms with Crippen molar-refractivity contribution in [3.63, 3.8) is 0 Å². The van der Waals surface area contributed by atoms with Gasteiger partial charge in [-0.1, -0.05) is 30.0 Å². The lowest BCUT2D eigenvalue weighted by atomic mass is 9.99. The first-order valence-corrected chi connectivity index (χ1v) is 15.6. The quantitative estimate of drug-likeness (QED) is 0.187. The topological polar surface area (TPSA) is 124 Å². The van der Waals surface area contributed by atoms with Crippen molar-refractivity contribution in [1.82, 2.24) is 25.1 Å². The van der Waals surface area contributed by atoms with Crippen LogP contribution >= 0.6 is 23.1 Å². The van der Waals surface area contributed by atoms with Gasteiger partial charge < -0.3 is 19.2 Å². The molecule has 3 aromatic heterocycles. The molecule has 1 aliphatic rings. The number of furan rings is 1. The fourth-order valence-corrected chi connectivity index (χ4v) is 6.50. The van der Waals surface area contributed by atoms with Gasteiger partial charge in [-0.15, -0.1) is 21.5 Å². The number of thiophene rings is 1. The molecule has 0 saturated carbocycles. The van der Waals surface area contributed by atoms with Crippen LogP contribution in [0, 0.1) is 5.82 Å². The number of methoxy groups -OCH3 is 2. The van der Waals surface area contributed by atoms with Crippen molar-refractivity contribution in [3.05, 3.63) is 106 Å². The Morgan fingerprint density at radius 3 is 2.62 bits per heavy atom. The molecule has 1 aliphatic heterocycles. The number of thioether (sulfide) groups is 1. The number of nitrogens with zero attached hydrogens (tertiary/aromatic N) is 5.